The zero-order valence-electron chi connectivity index (χ0n) is 9.82. The summed E-state index contributed by atoms with van der Waals surface area (Å²) in [4.78, 5) is 10.3. The van der Waals surface area contributed by atoms with Gasteiger partial charge in [-0.2, -0.15) is 0 Å². The molecule has 1 aromatic rings. The van der Waals surface area contributed by atoms with Gasteiger partial charge in [0.15, 0.2) is 0 Å². The van der Waals surface area contributed by atoms with E-state index in [2.05, 4.69) is 24.3 Å². The Kier molecular flexibility index (Phi) is 4.79. The van der Waals surface area contributed by atoms with E-state index in [1.165, 1.54) is 5.56 Å². The van der Waals surface area contributed by atoms with Gasteiger partial charge in [-0.25, -0.2) is 9.78 Å². The predicted octanol–water partition coefficient (Wildman–Crippen LogP) is 3.37. The molecule has 1 rings (SSSR count). The van der Waals surface area contributed by atoms with Crippen LogP contribution in [-0.2, 0) is 16.2 Å². The number of aryl methyl sites for hydroxylation is 1. The quantitative estimate of drug-likeness (QED) is 0.419. The number of benzene rings is 1. The molecule has 0 saturated carbocycles. The van der Waals surface area contributed by atoms with Crippen molar-refractivity contribution in [1.29, 1.82) is 0 Å². The molecule has 84 valence electrons. The van der Waals surface area contributed by atoms with Crippen LogP contribution in [0, 0.1) is 0 Å². The van der Waals surface area contributed by atoms with Gasteiger partial charge in [-0.3, -0.25) is 0 Å². The van der Waals surface area contributed by atoms with Crippen molar-refractivity contribution in [2.24, 2.45) is 0 Å². The molecule has 0 aliphatic rings. The third kappa shape index (κ3) is 6.26. The molecule has 1 aromatic carbocycles. The smallest absolute Gasteiger partial charge is 0.0952 e. The van der Waals surface area contributed by atoms with Crippen molar-refractivity contribution in [2.75, 3.05) is 6.61 Å². The Morgan fingerprint density at radius 3 is 2.33 bits per heavy atom. The van der Waals surface area contributed by atoms with E-state index in [0.29, 0.717) is 6.61 Å². The Labute approximate surface area is 92.1 Å². The van der Waals surface area contributed by atoms with E-state index in [-0.39, 0.29) is 5.60 Å². The Balaban J connectivity index is 2.08. The van der Waals surface area contributed by atoms with E-state index in [1.54, 1.807) is 0 Å². The minimum absolute atomic E-state index is 0.216. The van der Waals surface area contributed by atoms with Crippen LogP contribution in [0.3, 0.4) is 0 Å². The monoisotopic (exact) mass is 208 g/mol. The summed E-state index contributed by atoms with van der Waals surface area (Å²) in [6.45, 7) is 6.57. The molecular formula is C13H20O2. The summed E-state index contributed by atoms with van der Waals surface area (Å²) in [6.07, 6.45) is 2.02. The second-order valence-electron chi connectivity index (χ2n) is 4.61. The molecule has 0 N–H and O–H groups in total. The first-order chi connectivity index (χ1) is 7.08. The molecule has 0 bridgehead atoms. The minimum Gasteiger partial charge on any atom is -0.236 e. The number of hydrogen-bond donors (Lipinski definition) is 0. The maximum Gasteiger partial charge on any atom is 0.0952 e. The SMILES string of the molecule is CC(C)(C)OOCCCc1ccccc1. The van der Waals surface area contributed by atoms with Gasteiger partial charge >= 0.3 is 0 Å². The maximum atomic E-state index is 5.17. The highest BCUT2D eigenvalue weighted by molar-refractivity contribution is 5.14. The van der Waals surface area contributed by atoms with Crippen LogP contribution in [0.2, 0.25) is 0 Å². The van der Waals surface area contributed by atoms with Crippen molar-refractivity contribution in [3.8, 4) is 0 Å². The average molecular weight is 208 g/mol. The summed E-state index contributed by atoms with van der Waals surface area (Å²) in [5.41, 5.74) is 1.13. The molecule has 0 unspecified atom stereocenters. The van der Waals surface area contributed by atoms with Crippen LogP contribution in [0.15, 0.2) is 30.3 Å². The van der Waals surface area contributed by atoms with E-state index in [9.17, 15) is 0 Å². The lowest BCUT2D eigenvalue weighted by Gasteiger charge is -2.17. The molecule has 0 aromatic heterocycles. The topological polar surface area (TPSA) is 18.5 Å². The summed E-state index contributed by atoms with van der Waals surface area (Å²) < 4.78 is 0. The fraction of sp³-hybridized carbons (Fsp3) is 0.538. The van der Waals surface area contributed by atoms with Crippen LogP contribution in [0.1, 0.15) is 32.8 Å². The van der Waals surface area contributed by atoms with Gasteiger partial charge in [0.2, 0.25) is 0 Å². The first-order valence-corrected chi connectivity index (χ1v) is 5.42. The molecule has 0 aliphatic heterocycles. The lowest BCUT2D eigenvalue weighted by Crippen LogP contribution is -2.19. The molecule has 0 radical (unpaired) electrons. The van der Waals surface area contributed by atoms with Crippen LogP contribution < -0.4 is 0 Å². The van der Waals surface area contributed by atoms with Gasteiger partial charge in [0.05, 0.1) is 12.2 Å². The van der Waals surface area contributed by atoms with Crippen molar-refractivity contribution >= 4 is 0 Å². The van der Waals surface area contributed by atoms with E-state index >= 15 is 0 Å². The molecule has 0 aliphatic carbocycles. The lowest BCUT2D eigenvalue weighted by molar-refractivity contribution is -0.348. The second-order valence-corrected chi connectivity index (χ2v) is 4.61. The molecule has 0 spiro atoms. The summed E-state index contributed by atoms with van der Waals surface area (Å²) in [6, 6.07) is 10.4. The van der Waals surface area contributed by atoms with Gasteiger partial charge in [0, 0.05) is 0 Å². The lowest BCUT2D eigenvalue weighted by atomic mass is 10.1. The molecular weight excluding hydrogens is 188 g/mol. The summed E-state index contributed by atoms with van der Waals surface area (Å²) >= 11 is 0. The predicted molar refractivity (Wildman–Crippen MR) is 61.6 cm³/mol. The largest absolute Gasteiger partial charge is 0.236 e. The van der Waals surface area contributed by atoms with Crippen molar-refractivity contribution < 1.29 is 9.78 Å². The third-order valence-electron chi connectivity index (χ3n) is 1.84. The van der Waals surface area contributed by atoms with Crippen LogP contribution in [0.4, 0.5) is 0 Å². The molecule has 2 nitrogen and oxygen atoms in total. The Bertz CT molecular complexity index is 262. The van der Waals surface area contributed by atoms with Gasteiger partial charge in [-0.05, 0) is 39.2 Å². The van der Waals surface area contributed by atoms with E-state index < -0.39 is 0 Å². The summed E-state index contributed by atoms with van der Waals surface area (Å²) in [5, 5.41) is 0. The van der Waals surface area contributed by atoms with E-state index in [4.69, 9.17) is 9.78 Å². The van der Waals surface area contributed by atoms with Crippen molar-refractivity contribution in [1.82, 2.24) is 0 Å². The zero-order valence-corrected chi connectivity index (χ0v) is 9.82. The molecule has 0 fully saturated rings. The van der Waals surface area contributed by atoms with Gasteiger partial charge < -0.3 is 0 Å². The second kappa shape index (κ2) is 5.89. The van der Waals surface area contributed by atoms with Gasteiger partial charge in [0.1, 0.15) is 0 Å². The Morgan fingerprint density at radius 1 is 1.07 bits per heavy atom. The molecule has 2 heteroatoms. The highest BCUT2D eigenvalue weighted by Gasteiger charge is 2.10. The highest BCUT2D eigenvalue weighted by atomic mass is 17.2. The fourth-order valence-electron chi connectivity index (χ4n) is 1.20. The Hall–Kier alpha value is -0.860. The maximum absolute atomic E-state index is 5.17. The fourth-order valence-corrected chi connectivity index (χ4v) is 1.20. The van der Waals surface area contributed by atoms with E-state index in [0.717, 1.165) is 12.8 Å². The zero-order chi connectivity index (χ0) is 11.1. The molecule has 0 atom stereocenters. The summed E-state index contributed by atoms with van der Waals surface area (Å²) in [5.74, 6) is 0. The van der Waals surface area contributed by atoms with Gasteiger partial charge in [-0.15, -0.1) is 0 Å². The van der Waals surface area contributed by atoms with Crippen LogP contribution >= 0.6 is 0 Å². The first-order valence-electron chi connectivity index (χ1n) is 5.42. The normalized spacial score (nSPS) is 11.7. The van der Waals surface area contributed by atoms with Crippen molar-refractivity contribution in [2.45, 2.75) is 39.2 Å². The van der Waals surface area contributed by atoms with Crippen LogP contribution in [0.5, 0.6) is 0 Å². The van der Waals surface area contributed by atoms with Crippen LogP contribution in [-0.4, -0.2) is 12.2 Å². The van der Waals surface area contributed by atoms with Gasteiger partial charge in [0.25, 0.3) is 0 Å². The Morgan fingerprint density at radius 2 is 1.73 bits per heavy atom. The molecule has 0 amide bonds. The van der Waals surface area contributed by atoms with E-state index in [1.807, 2.05) is 26.8 Å². The standard InChI is InChI=1S/C13H20O2/c1-13(2,3)15-14-11-7-10-12-8-5-4-6-9-12/h4-6,8-9H,7,10-11H2,1-3H3. The summed E-state index contributed by atoms with van der Waals surface area (Å²) in [7, 11) is 0. The van der Waals surface area contributed by atoms with Gasteiger partial charge in [-0.1, -0.05) is 30.3 Å². The molecule has 15 heavy (non-hydrogen) atoms. The average Bonchev–Trinajstić information content (AvgIpc) is 2.17. The number of hydrogen-bond acceptors (Lipinski definition) is 2. The third-order valence-corrected chi connectivity index (χ3v) is 1.84. The number of rotatable bonds is 5. The van der Waals surface area contributed by atoms with Crippen LogP contribution in [0.25, 0.3) is 0 Å². The van der Waals surface area contributed by atoms with Crippen molar-refractivity contribution in [3.63, 3.8) is 0 Å². The first kappa shape index (κ1) is 12.2. The molecule has 0 heterocycles. The molecule has 0 saturated heterocycles. The van der Waals surface area contributed by atoms with Crippen molar-refractivity contribution in [3.05, 3.63) is 35.9 Å². The highest BCUT2D eigenvalue weighted by Crippen LogP contribution is 2.08. The minimum atomic E-state index is -0.216.